The zero-order chi connectivity index (χ0) is 19.5. The van der Waals surface area contributed by atoms with E-state index in [1.807, 2.05) is 34.9 Å². The molecule has 140 valence electrons. The molecular weight excluding hydrogens is 358 g/mol. The van der Waals surface area contributed by atoms with E-state index in [0.29, 0.717) is 35.2 Å². The average molecular weight is 375 g/mol. The number of hydrogen-bond acceptors (Lipinski definition) is 5. The Morgan fingerprint density at radius 2 is 1.93 bits per heavy atom. The van der Waals surface area contributed by atoms with Gasteiger partial charge in [0.1, 0.15) is 12.7 Å². The van der Waals surface area contributed by atoms with Crippen molar-refractivity contribution in [1.29, 1.82) is 5.26 Å². The van der Waals surface area contributed by atoms with E-state index in [0.717, 1.165) is 5.52 Å². The molecule has 4 aromatic rings. The highest BCUT2D eigenvalue weighted by molar-refractivity contribution is 5.73. The van der Waals surface area contributed by atoms with E-state index in [4.69, 9.17) is 9.15 Å². The molecular formula is C21H17N3O4. The van der Waals surface area contributed by atoms with Gasteiger partial charge in [-0.1, -0.05) is 18.2 Å². The van der Waals surface area contributed by atoms with E-state index >= 15 is 0 Å². The van der Waals surface area contributed by atoms with E-state index in [1.165, 1.54) is 4.57 Å². The molecule has 28 heavy (non-hydrogen) atoms. The number of pyridine rings is 1. The van der Waals surface area contributed by atoms with Crippen LogP contribution in [0.4, 0.5) is 0 Å². The van der Waals surface area contributed by atoms with Gasteiger partial charge in [0.05, 0.1) is 16.6 Å². The number of aryl methyl sites for hydroxylation is 1. The minimum Gasteiger partial charge on any atom is -0.461 e. The Hall–Kier alpha value is -3.79. The number of oxazole rings is 1. The van der Waals surface area contributed by atoms with Crippen LogP contribution in [0.25, 0.3) is 16.6 Å². The molecule has 0 aliphatic heterocycles. The van der Waals surface area contributed by atoms with Crippen LogP contribution in [-0.2, 0) is 22.7 Å². The summed E-state index contributed by atoms with van der Waals surface area (Å²) in [5, 5.41) is 9.39. The predicted octanol–water partition coefficient (Wildman–Crippen LogP) is 3.24. The van der Waals surface area contributed by atoms with Crippen molar-refractivity contribution in [2.45, 2.75) is 26.0 Å². The Balaban J connectivity index is 1.36. The smallest absolute Gasteiger partial charge is 0.419 e. The monoisotopic (exact) mass is 375 g/mol. The molecule has 0 aliphatic carbocycles. The van der Waals surface area contributed by atoms with Crippen LogP contribution in [0.15, 0.2) is 64.1 Å². The molecule has 7 heteroatoms. The largest absolute Gasteiger partial charge is 0.461 e. The summed E-state index contributed by atoms with van der Waals surface area (Å²) in [5.74, 6) is -0.811. The van der Waals surface area contributed by atoms with Crippen molar-refractivity contribution in [3.63, 3.8) is 0 Å². The molecule has 0 N–H and O–H groups in total. The molecule has 7 nitrogen and oxygen atoms in total. The molecule has 0 saturated heterocycles. The number of benzene rings is 1. The Morgan fingerprint density at radius 3 is 2.79 bits per heavy atom. The van der Waals surface area contributed by atoms with Crippen LogP contribution < -0.4 is 5.76 Å². The lowest BCUT2D eigenvalue weighted by molar-refractivity contribution is -0.145. The topological polar surface area (TPSA) is 89.6 Å². The molecule has 3 heterocycles. The number of aromatic nitrogens is 2. The predicted molar refractivity (Wildman–Crippen MR) is 102 cm³/mol. The maximum absolute atomic E-state index is 12.1. The summed E-state index contributed by atoms with van der Waals surface area (Å²) in [6, 6.07) is 14.9. The van der Waals surface area contributed by atoms with Crippen LogP contribution >= 0.6 is 0 Å². The maximum atomic E-state index is 12.1. The molecule has 0 fully saturated rings. The van der Waals surface area contributed by atoms with E-state index in [-0.39, 0.29) is 19.0 Å². The van der Waals surface area contributed by atoms with E-state index in [2.05, 4.69) is 6.07 Å². The zero-order valence-electron chi connectivity index (χ0n) is 15.0. The van der Waals surface area contributed by atoms with Crippen molar-refractivity contribution >= 4 is 22.6 Å². The number of ether oxygens (including phenoxy) is 1. The lowest BCUT2D eigenvalue weighted by atomic mass is 10.2. The van der Waals surface area contributed by atoms with Crippen molar-refractivity contribution < 1.29 is 13.9 Å². The lowest BCUT2D eigenvalue weighted by Gasteiger charge is -2.05. The van der Waals surface area contributed by atoms with Gasteiger partial charge in [-0.2, -0.15) is 5.26 Å². The zero-order valence-corrected chi connectivity index (χ0v) is 15.0. The second-order valence-corrected chi connectivity index (χ2v) is 6.39. The minimum atomic E-state index is -0.436. The van der Waals surface area contributed by atoms with Gasteiger partial charge < -0.3 is 13.6 Å². The summed E-state index contributed by atoms with van der Waals surface area (Å²) >= 11 is 0. The maximum Gasteiger partial charge on any atom is 0.419 e. The first-order chi connectivity index (χ1) is 13.7. The number of carbonyl (C=O) groups is 1. The fourth-order valence-electron chi connectivity index (χ4n) is 3.25. The van der Waals surface area contributed by atoms with E-state index in [1.54, 1.807) is 24.4 Å². The van der Waals surface area contributed by atoms with Crippen LogP contribution in [-0.4, -0.2) is 14.9 Å². The Bertz CT molecular complexity index is 1260. The summed E-state index contributed by atoms with van der Waals surface area (Å²) in [6.45, 7) is 0.405. The van der Waals surface area contributed by atoms with Crippen molar-refractivity contribution in [2.75, 3.05) is 0 Å². The summed E-state index contributed by atoms with van der Waals surface area (Å²) in [5.41, 5.74) is 3.19. The van der Waals surface area contributed by atoms with Crippen LogP contribution in [0.2, 0.25) is 0 Å². The average Bonchev–Trinajstić information content (AvgIpc) is 3.23. The van der Waals surface area contributed by atoms with Gasteiger partial charge in [0.15, 0.2) is 5.58 Å². The second kappa shape index (κ2) is 7.45. The number of hydrogen-bond donors (Lipinski definition) is 0. The molecule has 0 spiro atoms. The Kier molecular flexibility index (Phi) is 4.68. The van der Waals surface area contributed by atoms with Gasteiger partial charge >= 0.3 is 11.7 Å². The van der Waals surface area contributed by atoms with Gasteiger partial charge in [0.2, 0.25) is 0 Å². The van der Waals surface area contributed by atoms with E-state index < -0.39 is 5.76 Å². The molecule has 0 bridgehead atoms. The Morgan fingerprint density at radius 1 is 1.14 bits per heavy atom. The fourth-order valence-corrected chi connectivity index (χ4v) is 3.25. The Labute approximate surface area is 160 Å². The third-order valence-corrected chi connectivity index (χ3v) is 4.60. The van der Waals surface area contributed by atoms with Crippen molar-refractivity contribution in [2.24, 2.45) is 0 Å². The summed E-state index contributed by atoms with van der Waals surface area (Å²) in [4.78, 5) is 24.0. The van der Waals surface area contributed by atoms with Crippen LogP contribution in [0.1, 0.15) is 24.0 Å². The first kappa shape index (κ1) is 17.6. The first-order valence-corrected chi connectivity index (χ1v) is 8.90. The number of para-hydroxylation sites is 2. The van der Waals surface area contributed by atoms with Gasteiger partial charge in [-0.25, -0.2) is 4.79 Å². The summed E-state index contributed by atoms with van der Waals surface area (Å²) in [7, 11) is 0. The fraction of sp³-hybridized carbons (Fsp3) is 0.190. The van der Waals surface area contributed by atoms with Gasteiger partial charge in [-0.3, -0.25) is 9.36 Å². The van der Waals surface area contributed by atoms with Gasteiger partial charge in [0.25, 0.3) is 0 Å². The molecule has 0 aliphatic rings. The third-order valence-electron chi connectivity index (χ3n) is 4.60. The van der Waals surface area contributed by atoms with Gasteiger partial charge in [-0.05, 0) is 30.7 Å². The normalized spacial score (nSPS) is 11.0. The molecule has 4 rings (SSSR count). The molecule has 3 aromatic heterocycles. The number of rotatable bonds is 6. The molecule has 0 atom stereocenters. The van der Waals surface area contributed by atoms with Crippen LogP contribution in [0, 0.1) is 11.3 Å². The number of nitrogens with zero attached hydrogens (tertiary/aromatic N) is 3. The van der Waals surface area contributed by atoms with E-state index in [9.17, 15) is 14.9 Å². The third kappa shape index (κ3) is 3.28. The number of nitriles is 1. The first-order valence-electron chi connectivity index (χ1n) is 8.90. The quantitative estimate of drug-likeness (QED) is 0.483. The van der Waals surface area contributed by atoms with Gasteiger partial charge in [-0.15, -0.1) is 0 Å². The highest BCUT2D eigenvalue weighted by Crippen LogP contribution is 2.19. The van der Waals surface area contributed by atoms with Gasteiger partial charge in [0, 0.05) is 30.9 Å². The second-order valence-electron chi connectivity index (χ2n) is 6.39. The number of carbonyl (C=O) groups excluding carboxylic acids is 1. The molecule has 0 unspecified atom stereocenters. The van der Waals surface area contributed by atoms with Crippen LogP contribution in [0.3, 0.4) is 0 Å². The SMILES string of the molecule is N#Cc1c(COC(=O)CCCn2c(=O)oc3ccccc32)cn2ccccc12. The van der Waals surface area contributed by atoms with Crippen LogP contribution in [0.5, 0.6) is 0 Å². The van der Waals surface area contributed by atoms with Crippen molar-refractivity contribution in [3.05, 3.63) is 76.5 Å². The number of esters is 1. The highest BCUT2D eigenvalue weighted by atomic mass is 16.5. The summed E-state index contributed by atoms with van der Waals surface area (Å²) < 4.78 is 13.8. The molecule has 0 saturated carbocycles. The minimum absolute atomic E-state index is 0.0397. The highest BCUT2D eigenvalue weighted by Gasteiger charge is 2.13. The summed E-state index contributed by atoms with van der Waals surface area (Å²) in [6.07, 6.45) is 4.25. The molecule has 1 aromatic carbocycles. The van der Waals surface area contributed by atoms with Crippen molar-refractivity contribution in [1.82, 2.24) is 8.97 Å². The number of fused-ring (bicyclic) bond motifs is 2. The standard InChI is InChI=1S/C21H17N3O4/c22-12-16-15(13-23-10-4-3-6-17(16)23)14-27-20(25)9-5-11-24-18-7-1-2-8-19(18)28-21(24)26/h1-4,6-8,10,13H,5,9,11,14H2. The van der Waals surface area contributed by atoms with Crippen molar-refractivity contribution in [3.8, 4) is 6.07 Å². The molecule has 0 amide bonds. The lowest BCUT2D eigenvalue weighted by Crippen LogP contribution is -2.15. The molecule has 0 radical (unpaired) electrons.